The van der Waals surface area contributed by atoms with E-state index in [-0.39, 0.29) is 43.7 Å². The zero-order valence-corrected chi connectivity index (χ0v) is 19.9. The highest BCUT2D eigenvalue weighted by Crippen LogP contribution is 2.25. The van der Waals surface area contributed by atoms with Crippen LogP contribution < -0.4 is 15.4 Å². The van der Waals surface area contributed by atoms with Gasteiger partial charge in [-0.1, -0.05) is 12.1 Å². The molecule has 10 nitrogen and oxygen atoms in total. The van der Waals surface area contributed by atoms with Crippen LogP contribution in [0.4, 0.5) is 5.13 Å². The maximum atomic E-state index is 13.2. The van der Waals surface area contributed by atoms with Crippen molar-refractivity contribution in [3.05, 3.63) is 41.4 Å². The fourth-order valence-electron chi connectivity index (χ4n) is 3.05. The summed E-state index contributed by atoms with van der Waals surface area (Å²) in [5.74, 6) is -0.389. The molecule has 0 unspecified atom stereocenters. The van der Waals surface area contributed by atoms with Crippen molar-refractivity contribution < 1.29 is 28.6 Å². The summed E-state index contributed by atoms with van der Waals surface area (Å²) in [4.78, 5) is 43.9. The van der Waals surface area contributed by atoms with Gasteiger partial charge in [-0.3, -0.25) is 14.4 Å². The zero-order valence-electron chi connectivity index (χ0n) is 19.0. The highest BCUT2D eigenvalue weighted by atomic mass is 32.1. The third kappa shape index (κ3) is 8.44. The second-order valence-electron chi connectivity index (χ2n) is 6.92. The Morgan fingerprint density at radius 1 is 1.06 bits per heavy atom. The largest absolute Gasteiger partial charge is 0.497 e. The van der Waals surface area contributed by atoms with Gasteiger partial charge in [0.2, 0.25) is 17.7 Å². The fraction of sp³-hybridized carbons (Fsp3) is 0.455. The Bertz CT molecular complexity index is 876. The number of amides is 3. The number of thiazole rings is 1. The SMILES string of the molecule is COCCNC(=O)[C@H](c1ccc(OC)cc1)N(CCOC)C(=O)CCC(=O)Nc1nccs1. The van der Waals surface area contributed by atoms with Crippen LogP contribution in [-0.2, 0) is 23.9 Å². The molecule has 2 N–H and O–H groups in total. The van der Waals surface area contributed by atoms with E-state index in [2.05, 4.69) is 15.6 Å². The lowest BCUT2D eigenvalue weighted by atomic mass is 10.0. The van der Waals surface area contributed by atoms with E-state index in [4.69, 9.17) is 14.2 Å². The van der Waals surface area contributed by atoms with Crippen molar-refractivity contribution in [2.45, 2.75) is 18.9 Å². The lowest BCUT2D eigenvalue weighted by molar-refractivity contribution is -0.142. The summed E-state index contributed by atoms with van der Waals surface area (Å²) in [7, 11) is 4.61. The summed E-state index contributed by atoms with van der Waals surface area (Å²) in [6, 6.07) is 6.03. The molecule has 11 heteroatoms. The van der Waals surface area contributed by atoms with Crippen LogP contribution in [0.2, 0.25) is 0 Å². The van der Waals surface area contributed by atoms with Gasteiger partial charge in [-0.25, -0.2) is 4.98 Å². The molecule has 0 spiro atoms. The average molecular weight is 479 g/mol. The number of anilines is 1. The normalized spacial score (nSPS) is 11.5. The topological polar surface area (TPSA) is 119 Å². The number of nitrogens with one attached hydrogen (secondary N) is 2. The van der Waals surface area contributed by atoms with E-state index >= 15 is 0 Å². The van der Waals surface area contributed by atoms with Gasteiger partial charge >= 0.3 is 0 Å². The summed E-state index contributed by atoms with van der Waals surface area (Å²) in [6.45, 7) is 1.04. The molecule has 0 radical (unpaired) electrons. The second kappa shape index (κ2) is 14.2. The number of carbonyl (C=O) groups excluding carboxylic acids is 3. The molecule has 0 bridgehead atoms. The van der Waals surface area contributed by atoms with E-state index in [1.54, 1.807) is 43.0 Å². The molecule has 3 amide bonds. The van der Waals surface area contributed by atoms with E-state index in [0.29, 0.717) is 29.6 Å². The molecule has 1 aromatic heterocycles. The van der Waals surface area contributed by atoms with Crippen LogP contribution in [0.1, 0.15) is 24.4 Å². The minimum Gasteiger partial charge on any atom is -0.497 e. The van der Waals surface area contributed by atoms with Crippen LogP contribution in [0.5, 0.6) is 5.75 Å². The van der Waals surface area contributed by atoms with Crippen LogP contribution in [0.3, 0.4) is 0 Å². The van der Waals surface area contributed by atoms with E-state index < -0.39 is 6.04 Å². The van der Waals surface area contributed by atoms with Crippen molar-refractivity contribution in [3.63, 3.8) is 0 Å². The molecule has 0 fully saturated rings. The Kier molecular flexibility index (Phi) is 11.3. The van der Waals surface area contributed by atoms with Gasteiger partial charge in [-0.15, -0.1) is 11.3 Å². The van der Waals surface area contributed by atoms with Crippen LogP contribution >= 0.6 is 11.3 Å². The minimum atomic E-state index is -0.905. The maximum Gasteiger partial charge on any atom is 0.247 e. The van der Waals surface area contributed by atoms with Gasteiger partial charge in [0.1, 0.15) is 11.8 Å². The van der Waals surface area contributed by atoms with Crippen molar-refractivity contribution in [2.24, 2.45) is 0 Å². The van der Waals surface area contributed by atoms with Crippen LogP contribution in [0.15, 0.2) is 35.8 Å². The Balaban J connectivity index is 2.20. The van der Waals surface area contributed by atoms with Gasteiger partial charge in [0.25, 0.3) is 0 Å². The molecule has 1 atom stereocenters. The zero-order chi connectivity index (χ0) is 24.1. The number of ether oxygens (including phenoxy) is 3. The van der Waals surface area contributed by atoms with Crippen molar-refractivity contribution in [1.82, 2.24) is 15.2 Å². The number of hydrogen-bond acceptors (Lipinski definition) is 8. The summed E-state index contributed by atoms with van der Waals surface area (Å²) < 4.78 is 15.4. The minimum absolute atomic E-state index is 0.0392. The lowest BCUT2D eigenvalue weighted by Gasteiger charge is -2.31. The summed E-state index contributed by atoms with van der Waals surface area (Å²) in [5.41, 5.74) is 0.613. The van der Waals surface area contributed by atoms with Gasteiger partial charge in [-0.05, 0) is 17.7 Å². The highest BCUT2D eigenvalue weighted by molar-refractivity contribution is 7.13. The number of rotatable bonds is 14. The van der Waals surface area contributed by atoms with Gasteiger partial charge in [0, 0.05) is 51.7 Å². The third-order valence-corrected chi connectivity index (χ3v) is 5.39. The number of methoxy groups -OCH3 is 3. The summed E-state index contributed by atoms with van der Waals surface area (Å²) in [5, 5.41) is 7.67. The number of nitrogens with zero attached hydrogens (tertiary/aromatic N) is 2. The maximum absolute atomic E-state index is 13.2. The van der Waals surface area contributed by atoms with Gasteiger partial charge in [0.15, 0.2) is 5.13 Å². The first-order chi connectivity index (χ1) is 16.0. The van der Waals surface area contributed by atoms with Gasteiger partial charge in [0.05, 0.1) is 20.3 Å². The molecule has 33 heavy (non-hydrogen) atoms. The molecule has 0 aliphatic carbocycles. The number of carbonyl (C=O) groups is 3. The fourth-order valence-corrected chi connectivity index (χ4v) is 3.60. The van der Waals surface area contributed by atoms with Gasteiger partial charge in [-0.2, -0.15) is 0 Å². The van der Waals surface area contributed by atoms with Crippen LogP contribution in [-0.4, -0.2) is 75.2 Å². The number of benzene rings is 1. The number of aromatic nitrogens is 1. The summed E-state index contributed by atoms with van der Waals surface area (Å²) >= 11 is 1.29. The second-order valence-corrected chi connectivity index (χ2v) is 7.82. The van der Waals surface area contributed by atoms with E-state index in [1.807, 2.05) is 0 Å². The van der Waals surface area contributed by atoms with Gasteiger partial charge < -0.3 is 29.7 Å². The smallest absolute Gasteiger partial charge is 0.247 e. The predicted octanol–water partition coefficient (Wildman–Crippen LogP) is 1.85. The lowest BCUT2D eigenvalue weighted by Crippen LogP contribution is -2.45. The molecule has 0 saturated heterocycles. The van der Waals surface area contributed by atoms with Crippen molar-refractivity contribution in [3.8, 4) is 5.75 Å². The summed E-state index contributed by atoms with van der Waals surface area (Å²) in [6.07, 6.45) is 1.47. The molecule has 2 aromatic rings. The molecule has 2 rings (SSSR count). The molecule has 0 saturated carbocycles. The highest BCUT2D eigenvalue weighted by Gasteiger charge is 2.31. The predicted molar refractivity (Wildman–Crippen MR) is 124 cm³/mol. The quantitative estimate of drug-likeness (QED) is 0.398. The third-order valence-electron chi connectivity index (χ3n) is 4.70. The van der Waals surface area contributed by atoms with Crippen molar-refractivity contribution >= 4 is 34.2 Å². The first-order valence-electron chi connectivity index (χ1n) is 10.4. The molecule has 1 heterocycles. The van der Waals surface area contributed by atoms with E-state index in [1.165, 1.54) is 30.5 Å². The Morgan fingerprint density at radius 3 is 2.39 bits per heavy atom. The molecule has 0 aliphatic heterocycles. The number of hydrogen-bond donors (Lipinski definition) is 2. The van der Waals surface area contributed by atoms with Crippen LogP contribution in [0, 0.1) is 0 Å². The molecular formula is C22H30N4O6S. The average Bonchev–Trinajstić information content (AvgIpc) is 3.33. The Hall–Kier alpha value is -3.02. The first-order valence-corrected chi connectivity index (χ1v) is 11.3. The molecule has 180 valence electrons. The monoisotopic (exact) mass is 478 g/mol. The van der Waals surface area contributed by atoms with Crippen molar-refractivity contribution in [1.29, 1.82) is 0 Å². The first kappa shape index (κ1) is 26.2. The standard InChI is InChI=1S/C22H30N4O6S/c1-30-13-10-23-21(29)20(16-4-6-17(32-3)7-5-16)26(12-14-31-2)19(28)9-8-18(27)25-22-24-11-15-33-22/h4-7,11,15,20H,8-10,12-14H2,1-3H3,(H,23,29)(H,24,25,27)/t20-/m0/s1. The molecular weight excluding hydrogens is 448 g/mol. The van der Waals surface area contributed by atoms with Crippen LogP contribution in [0.25, 0.3) is 0 Å². The van der Waals surface area contributed by atoms with E-state index in [9.17, 15) is 14.4 Å². The Morgan fingerprint density at radius 2 is 1.79 bits per heavy atom. The Labute approximate surface area is 197 Å². The van der Waals surface area contributed by atoms with E-state index in [0.717, 1.165) is 0 Å². The molecule has 0 aliphatic rings. The molecule has 1 aromatic carbocycles. The van der Waals surface area contributed by atoms with Crippen molar-refractivity contribution in [2.75, 3.05) is 52.9 Å².